The van der Waals surface area contributed by atoms with Gasteiger partial charge < -0.3 is 15.5 Å². The van der Waals surface area contributed by atoms with Gasteiger partial charge in [0.15, 0.2) is 0 Å². The molecule has 112 valence electrons. The zero-order valence-corrected chi connectivity index (χ0v) is 13.1. The number of aliphatic hydroxyl groups excluding tert-OH is 1. The Morgan fingerprint density at radius 3 is 2.57 bits per heavy atom. The van der Waals surface area contributed by atoms with E-state index in [1.165, 1.54) is 4.90 Å². The van der Waals surface area contributed by atoms with E-state index in [0.29, 0.717) is 11.6 Å². The molecule has 0 saturated carbocycles. The summed E-state index contributed by atoms with van der Waals surface area (Å²) in [6.45, 7) is 0.749. The van der Waals surface area contributed by atoms with Gasteiger partial charge in [0.05, 0.1) is 0 Å². The molecule has 0 heterocycles. The first-order chi connectivity index (χ1) is 10.2. The first-order valence-electron chi connectivity index (χ1n) is 6.74. The Balaban J connectivity index is 1.90. The van der Waals surface area contributed by atoms with Gasteiger partial charge in [0.2, 0.25) is 0 Å². The van der Waals surface area contributed by atoms with E-state index in [0.717, 1.165) is 23.4 Å². The van der Waals surface area contributed by atoms with Crippen molar-refractivity contribution in [1.82, 2.24) is 0 Å². The highest BCUT2D eigenvalue weighted by molar-refractivity contribution is 7.99. The maximum absolute atomic E-state index is 9.76. The lowest BCUT2D eigenvalue weighted by molar-refractivity contribution is 0.296. The third-order valence-electron chi connectivity index (χ3n) is 2.95. The molecule has 0 aliphatic heterocycles. The van der Waals surface area contributed by atoms with Crippen LogP contribution < -0.4 is 5.32 Å². The fourth-order valence-electron chi connectivity index (χ4n) is 1.82. The second-order valence-electron chi connectivity index (χ2n) is 4.58. The molecule has 0 bridgehead atoms. The smallest absolute Gasteiger partial charge is 0.120 e. The summed E-state index contributed by atoms with van der Waals surface area (Å²) in [6.07, 6.45) is 0.804. The molecule has 2 rings (SSSR count). The summed E-state index contributed by atoms with van der Waals surface area (Å²) >= 11 is 7.65. The molecule has 2 aromatic rings. The number of nitrogens with one attached hydrogen (secondary N) is 1. The van der Waals surface area contributed by atoms with Crippen LogP contribution in [-0.4, -0.2) is 22.6 Å². The number of benzene rings is 2. The fourth-order valence-corrected chi connectivity index (χ4v) is 2.85. The van der Waals surface area contributed by atoms with Crippen LogP contribution in [0.4, 0.5) is 5.69 Å². The molecule has 21 heavy (non-hydrogen) atoms. The van der Waals surface area contributed by atoms with Gasteiger partial charge in [0.25, 0.3) is 0 Å². The van der Waals surface area contributed by atoms with Gasteiger partial charge in [-0.05, 0) is 48.9 Å². The van der Waals surface area contributed by atoms with Crippen molar-refractivity contribution in [3.05, 3.63) is 53.1 Å². The number of anilines is 1. The van der Waals surface area contributed by atoms with E-state index in [1.807, 2.05) is 24.3 Å². The number of aliphatic hydroxyl groups is 1. The average molecular weight is 324 g/mol. The number of aromatic hydroxyl groups is 1. The molecule has 0 saturated heterocycles. The predicted octanol–water partition coefficient (Wildman–Crippen LogP) is 4.13. The molecule has 0 aliphatic rings. The van der Waals surface area contributed by atoms with Gasteiger partial charge in [-0.1, -0.05) is 11.6 Å². The number of thioether (sulfide) groups is 1. The Morgan fingerprint density at radius 1 is 1.10 bits per heavy atom. The third-order valence-corrected chi connectivity index (χ3v) is 4.28. The van der Waals surface area contributed by atoms with Crippen molar-refractivity contribution in [3.8, 4) is 5.75 Å². The highest BCUT2D eigenvalue weighted by Gasteiger charge is 2.02. The maximum atomic E-state index is 9.76. The second-order valence-corrected chi connectivity index (χ2v) is 6.18. The number of phenolic OH excluding ortho intramolecular Hbond substituents is 1. The number of phenols is 1. The Bertz CT molecular complexity index is 575. The van der Waals surface area contributed by atoms with Crippen LogP contribution in [-0.2, 0) is 6.54 Å². The van der Waals surface area contributed by atoms with Gasteiger partial charge in [0.1, 0.15) is 5.75 Å². The molecule has 2 aromatic carbocycles. The molecule has 0 aliphatic carbocycles. The Morgan fingerprint density at radius 2 is 1.86 bits per heavy atom. The van der Waals surface area contributed by atoms with E-state index < -0.39 is 0 Å². The van der Waals surface area contributed by atoms with E-state index in [9.17, 15) is 5.11 Å². The standard InChI is InChI=1S/C16H18ClNO2S/c17-13-2-7-16(20)12(10-13)11-18-14-3-5-15(6-4-14)21-9-1-8-19/h2-7,10,18-20H,1,8-9,11H2. The average Bonchev–Trinajstić information content (AvgIpc) is 2.50. The lowest BCUT2D eigenvalue weighted by atomic mass is 10.2. The van der Waals surface area contributed by atoms with Crippen LogP contribution in [0.1, 0.15) is 12.0 Å². The van der Waals surface area contributed by atoms with Crippen molar-refractivity contribution in [2.24, 2.45) is 0 Å². The Kier molecular flexibility index (Phi) is 6.23. The molecule has 3 nitrogen and oxygen atoms in total. The number of hydrogen-bond acceptors (Lipinski definition) is 4. The highest BCUT2D eigenvalue weighted by Crippen LogP contribution is 2.24. The van der Waals surface area contributed by atoms with Crippen molar-refractivity contribution in [3.63, 3.8) is 0 Å². The summed E-state index contributed by atoms with van der Waals surface area (Å²) < 4.78 is 0. The third kappa shape index (κ3) is 5.16. The van der Waals surface area contributed by atoms with Crippen LogP contribution >= 0.6 is 23.4 Å². The van der Waals surface area contributed by atoms with Crippen molar-refractivity contribution < 1.29 is 10.2 Å². The Hall–Kier alpha value is -1.36. The van der Waals surface area contributed by atoms with Gasteiger partial charge in [-0.25, -0.2) is 0 Å². The summed E-state index contributed by atoms with van der Waals surface area (Å²) in [4.78, 5) is 1.18. The number of hydrogen-bond donors (Lipinski definition) is 3. The van der Waals surface area contributed by atoms with E-state index in [4.69, 9.17) is 16.7 Å². The van der Waals surface area contributed by atoms with Gasteiger partial charge in [0, 0.05) is 40.1 Å². The summed E-state index contributed by atoms with van der Waals surface area (Å²) in [5, 5.41) is 22.4. The van der Waals surface area contributed by atoms with Crippen molar-refractivity contribution in [1.29, 1.82) is 0 Å². The molecular formula is C16H18ClNO2S. The normalized spacial score (nSPS) is 10.6. The zero-order valence-electron chi connectivity index (χ0n) is 11.6. The van der Waals surface area contributed by atoms with Crippen molar-refractivity contribution in [2.45, 2.75) is 17.9 Å². The molecule has 0 aromatic heterocycles. The van der Waals surface area contributed by atoms with Crippen LogP contribution in [0.5, 0.6) is 5.75 Å². The van der Waals surface area contributed by atoms with E-state index in [1.54, 1.807) is 30.0 Å². The lowest BCUT2D eigenvalue weighted by Crippen LogP contribution is -1.99. The first-order valence-corrected chi connectivity index (χ1v) is 8.10. The first kappa shape index (κ1) is 16.0. The lowest BCUT2D eigenvalue weighted by Gasteiger charge is -2.09. The van der Waals surface area contributed by atoms with Crippen LogP contribution in [0.25, 0.3) is 0 Å². The largest absolute Gasteiger partial charge is 0.508 e. The van der Waals surface area contributed by atoms with Gasteiger partial charge in [-0.15, -0.1) is 11.8 Å². The Labute approximate surface area is 134 Å². The van der Waals surface area contributed by atoms with Crippen LogP contribution in [0, 0.1) is 0 Å². The second kappa shape index (κ2) is 8.17. The topological polar surface area (TPSA) is 52.5 Å². The molecule has 5 heteroatoms. The van der Waals surface area contributed by atoms with Crippen LogP contribution in [0.3, 0.4) is 0 Å². The minimum absolute atomic E-state index is 0.232. The van der Waals surface area contributed by atoms with E-state index in [2.05, 4.69) is 5.32 Å². The maximum Gasteiger partial charge on any atom is 0.120 e. The number of rotatable bonds is 7. The summed E-state index contributed by atoms with van der Waals surface area (Å²) in [5.74, 6) is 1.16. The molecule has 3 N–H and O–H groups in total. The molecule has 0 radical (unpaired) electrons. The summed E-state index contributed by atoms with van der Waals surface area (Å²) in [7, 11) is 0. The summed E-state index contributed by atoms with van der Waals surface area (Å²) in [5.41, 5.74) is 1.75. The number of halogens is 1. The van der Waals surface area contributed by atoms with E-state index in [-0.39, 0.29) is 12.4 Å². The van der Waals surface area contributed by atoms with Gasteiger partial charge in [-0.2, -0.15) is 0 Å². The van der Waals surface area contributed by atoms with E-state index >= 15 is 0 Å². The predicted molar refractivity (Wildman–Crippen MR) is 89.3 cm³/mol. The fraction of sp³-hybridized carbons (Fsp3) is 0.250. The van der Waals surface area contributed by atoms with Crippen molar-refractivity contribution in [2.75, 3.05) is 17.7 Å². The van der Waals surface area contributed by atoms with Gasteiger partial charge in [-0.3, -0.25) is 0 Å². The molecule has 0 fully saturated rings. The van der Waals surface area contributed by atoms with Gasteiger partial charge >= 0.3 is 0 Å². The highest BCUT2D eigenvalue weighted by atomic mass is 35.5. The monoisotopic (exact) mass is 323 g/mol. The van der Waals surface area contributed by atoms with Crippen molar-refractivity contribution >= 4 is 29.1 Å². The molecule has 0 spiro atoms. The molecule has 0 amide bonds. The van der Waals surface area contributed by atoms with Crippen LogP contribution in [0.2, 0.25) is 5.02 Å². The minimum atomic E-state index is 0.232. The SMILES string of the molecule is OCCCSc1ccc(NCc2cc(Cl)ccc2O)cc1. The minimum Gasteiger partial charge on any atom is -0.508 e. The zero-order chi connectivity index (χ0) is 15.1. The molecule has 0 atom stereocenters. The summed E-state index contributed by atoms with van der Waals surface area (Å²) in [6, 6.07) is 13.1. The molecular weight excluding hydrogens is 306 g/mol. The van der Waals surface area contributed by atoms with Crippen LogP contribution in [0.15, 0.2) is 47.4 Å². The molecule has 0 unspecified atom stereocenters. The quantitative estimate of drug-likeness (QED) is 0.529.